The molecule has 3 heterocycles. The highest BCUT2D eigenvalue weighted by Gasteiger charge is 2.41. The third-order valence-electron chi connectivity index (χ3n) is 7.94. The zero-order valence-electron chi connectivity index (χ0n) is 20.0. The largest absolute Gasteiger partial charge is 0.370 e. The normalized spacial score (nSPS) is 25.3. The Bertz CT molecular complexity index is 956. The van der Waals surface area contributed by atoms with Crippen LogP contribution in [-0.4, -0.2) is 47.1 Å². The monoisotopic (exact) mass is 436 g/mol. The topological polar surface area (TPSA) is 69.5 Å². The first-order chi connectivity index (χ1) is 15.3. The van der Waals surface area contributed by atoms with E-state index in [9.17, 15) is 10.1 Å². The molecule has 1 atom stereocenters. The van der Waals surface area contributed by atoms with Gasteiger partial charge in [0, 0.05) is 43.5 Å². The number of fused-ring (bicyclic) bond motifs is 1. The maximum absolute atomic E-state index is 12.9. The van der Waals surface area contributed by atoms with Crippen LogP contribution in [0.15, 0.2) is 0 Å². The van der Waals surface area contributed by atoms with Crippen LogP contribution in [0.3, 0.4) is 0 Å². The summed E-state index contributed by atoms with van der Waals surface area (Å²) < 4.78 is 6.15. The first-order valence-electron chi connectivity index (χ1n) is 12.4. The zero-order valence-corrected chi connectivity index (χ0v) is 20.0. The fourth-order valence-electron chi connectivity index (χ4n) is 5.56. The molecule has 3 fully saturated rings. The standard InChI is InChI=1S/C26H36N4O2/c1-16(2)22-14-29(10-11-30(22)25(31)18-8-9-18)24-20(13-27)19-12-26(3,4)32-15-21(19)23(28-24)17-6-5-7-17/h16-18,22H,5-12,14-15H2,1-4H3/t22-/m0/s1. The summed E-state index contributed by atoms with van der Waals surface area (Å²) in [6.45, 7) is 11.4. The molecule has 1 aromatic rings. The number of piperazine rings is 1. The van der Waals surface area contributed by atoms with E-state index in [-0.39, 0.29) is 17.6 Å². The summed E-state index contributed by atoms with van der Waals surface area (Å²) in [5.74, 6) is 2.26. The molecule has 0 spiro atoms. The number of hydrogen-bond donors (Lipinski definition) is 0. The summed E-state index contributed by atoms with van der Waals surface area (Å²) >= 11 is 0. The number of nitriles is 1. The lowest BCUT2D eigenvalue weighted by atomic mass is 9.78. The van der Waals surface area contributed by atoms with Gasteiger partial charge >= 0.3 is 0 Å². The minimum Gasteiger partial charge on any atom is -0.370 e. The Hall–Kier alpha value is -2.13. The molecule has 172 valence electrons. The summed E-state index contributed by atoms with van der Waals surface area (Å²) in [5.41, 5.74) is 3.92. The Kier molecular flexibility index (Phi) is 5.44. The Morgan fingerprint density at radius 1 is 1.19 bits per heavy atom. The molecule has 1 amide bonds. The van der Waals surface area contributed by atoms with Gasteiger partial charge in [-0.2, -0.15) is 5.26 Å². The maximum Gasteiger partial charge on any atom is 0.226 e. The number of carbonyl (C=O) groups excluding carboxylic acids is 1. The summed E-state index contributed by atoms with van der Waals surface area (Å²) in [5, 5.41) is 10.3. The van der Waals surface area contributed by atoms with Crippen LogP contribution in [0.5, 0.6) is 0 Å². The van der Waals surface area contributed by atoms with E-state index >= 15 is 0 Å². The average molecular weight is 437 g/mol. The van der Waals surface area contributed by atoms with Crippen molar-refractivity contribution in [3.63, 3.8) is 0 Å². The van der Waals surface area contributed by atoms with Gasteiger partial charge in [-0.05, 0) is 51.0 Å². The maximum atomic E-state index is 12.9. The van der Waals surface area contributed by atoms with Crippen LogP contribution < -0.4 is 4.90 Å². The molecule has 6 nitrogen and oxygen atoms in total. The van der Waals surface area contributed by atoms with Gasteiger partial charge in [0.15, 0.2) is 0 Å². The third-order valence-corrected chi connectivity index (χ3v) is 7.94. The minimum atomic E-state index is -0.274. The lowest BCUT2D eigenvalue weighted by Gasteiger charge is -2.45. The first kappa shape index (κ1) is 21.7. The van der Waals surface area contributed by atoms with E-state index < -0.39 is 0 Å². The van der Waals surface area contributed by atoms with Gasteiger partial charge in [0.1, 0.15) is 11.9 Å². The quantitative estimate of drug-likeness (QED) is 0.709. The summed E-state index contributed by atoms with van der Waals surface area (Å²) in [6.07, 6.45) is 6.42. The summed E-state index contributed by atoms with van der Waals surface area (Å²) in [4.78, 5) is 22.5. The second-order valence-electron chi connectivity index (χ2n) is 11.2. The predicted octanol–water partition coefficient (Wildman–Crippen LogP) is 4.16. The van der Waals surface area contributed by atoms with Gasteiger partial charge in [-0.25, -0.2) is 4.98 Å². The molecule has 0 radical (unpaired) electrons. The lowest BCUT2D eigenvalue weighted by molar-refractivity contribution is -0.136. The number of rotatable bonds is 4. The van der Waals surface area contributed by atoms with E-state index in [1.165, 1.54) is 19.3 Å². The number of carbonyl (C=O) groups is 1. The van der Waals surface area contributed by atoms with Crippen LogP contribution >= 0.6 is 0 Å². The van der Waals surface area contributed by atoms with Crippen molar-refractivity contribution in [2.75, 3.05) is 24.5 Å². The molecule has 2 aliphatic carbocycles. The number of hydrogen-bond acceptors (Lipinski definition) is 5. The highest BCUT2D eigenvalue weighted by Crippen LogP contribution is 2.43. The van der Waals surface area contributed by atoms with E-state index in [0.717, 1.165) is 67.1 Å². The number of aromatic nitrogens is 1. The van der Waals surface area contributed by atoms with Crippen molar-refractivity contribution >= 4 is 11.7 Å². The van der Waals surface area contributed by atoms with Crippen molar-refractivity contribution in [3.8, 4) is 6.07 Å². The molecule has 1 saturated heterocycles. The molecular formula is C26H36N4O2. The lowest BCUT2D eigenvalue weighted by Crippen LogP contribution is -2.58. The Morgan fingerprint density at radius 3 is 2.53 bits per heavy atom. The van der Waals surface area contributed by atoms with Gasteiger partial charge in [0.2, 0.25) is 5.91 Å². The van der Waals surface area contributed by atoms with Crippen molar-refractivity contribution in [3.05, 3.63) is 22.4 Å². The molecule has 5 rings (SSSR count). The molecule has 0 bridgehead atoms. The van der Waals surface area contributed by atoms with Crippen molar-refractivity contribution in [1.82, 2.24) is 9.88 Å². The van der Waals surface area contributed by atoms with Gasteiger partial charge < -0.3 is 14.5 Å². The van der Waals surface area contributed by atoms with E-state index in [1.807, 2.05) is 0 Å². The third kappa shape index (κ3) is 3.79. The van der Waals surface area contributed by atoms with Crippen LogP contribution in [-0.2, 0) is 22.6 Å². The van der Waals surface area contributed by atoms with Gasteiger partial charge in [-0.1, -0.05) is 20.3 Å². The fraction of sp³-hybridized carbons (Fsp3) is 0.731. The van der Waals surface area contributed by atoms with Gasteiger partial charge in [-0.15, -0.1) is 0 Å². The smallest absolute Gasteiger partial charge is 0.226 e. The predicted molar refractivity (Wildman–Crippen MR) is 123 cm³/mol. The van der Waals surface area contributed by atoms with Gasteiger partial charge in [0.25, 0.3) is 0 Å². The Morgan fingerprint density at radius 2 is 1.94 bits per heavy atom. The van der Waals surface area contributed by atoms with Crippen molar-refractivity contribution in [2.45, 2.75) is 90.4 Å². The fourth-order valence-corrected chi connectivity index (χ4v) is 5.56. The minimum absolute atomic E-state index is 0.160. The molecule has 1 aromatic heterocycles. The van der Waals surface area contributed by atoms with Crippen molar-refractivity contribution in [2.24, 2.45) is 11.8 Å². The zero-order chi connectivity index (χ0) is 22.6. The van der Waals surface area contributed by atoms with Crippen LogP contribution in [0.4, 0.5) is 5.82 Å². The van der Waals surface area contributed by atoms with Gasteiger partial charge in [0.05, 0.1) is 29.5 Å². The van der Waals surface area contributed by atoms with Crippen LogP contribution in [0.2, 0.25) is 0 Å². The SMILES string of the molecule is CC(C)[C@@H]1CN(c2nc(C3CCC3)c3c(c2C#N)CC(C)(C)OC3)CCN1C(=O)C1CC1. The number of pyridine rings is 1. The molecule has 0 aromatic carbocycles. The number of anilines is 1. The van der Waals surface area contributed by atoms with Gasteiger partial charge in [-0.3, -0.25) is 4.79 Å². The molecule has 0 unspecified atom stereocenters. The molecule has 32 heavy (non-hydrogen) atoms. The highest BCUT2D eigenvalue weighted by molar-refractivity contribution is 5.81. The van der Waals surface area contributed by atoms with Crippen molar-refractivity contribution < 1.29 is 9.53 Å². The highest BCUT2D eigenvalue weighted by atomic mass is 16.5. The Labute approximate surface area is 191 Å². The molecular weight excluding hydrogens is 400 g/mol. The number of amides is 1. The van der Waals surface area contributed by atoms with Crippen molar-refractivity contribution in [1.29, 1.82) is 5.26 Å². The van der Waals surface area contributed by atoms with Crippen LogP contribution in [0, 0.1) is 23.2 Å². The second kappa shape index (κ2) is 8.02. The molecule has 0 N–H and O–H groups in total. The molecule has 2 saturated carbocycles. The Balaban J connectivity index is 1.53. The molecule has 4 aliphatic rings. The second-order valence-corrected chi connectivity index (χ2v) is 11.2. The summed E-state index contributed by atoms with van der Waals surface area (Å²) in [6, 6.07) is 2.69. The van der Waals surface area contributed by atoms with E-state index in [2.05, 4.69) is 43.6 Å². The molecule has 2 aliphatic heterocycles. The molecule has 6 heteroatoms. The van der Waals surface area contributed by atoms with E-state index in [4.69, 9.17) is 9.72 Å². The van der Waals surface area contributed by atoms with Crippen LogP contribution in [0.1, 0.15) is 88.1 Å². The van der Waals surface area contributed by atoms with E-state index in [1.54, 1.807) is 0 Å². The number of nitrogens with zero attached hydrogens (tertiary/aromatic N) is 4. The summed E-state index contributed by atoms with van der Waals surface area (Å²) in [7, 11) is 0. The number of ether oxygens (including phenoxy) is 1. The van der Waals surface area contributed by atoms with E-state index in [0.29, 0.717) is 24.3 Å². The first-order valence-corrected chi connectivity index (χ1v) is 12.4. The average Bonchev–Trinajstić information content (AvgIpc) is 3.55. The van der Waals surface area contributed by atoms with Crippen LogP contribution in [0.25, 0.3) is 0 Å².